The van der Waals surface area contributed by atoms with Gasteiger partial charge in [-0.25, -0.2) is 9.78 Å². The van der Waals surface area contributed by atoms with E-state index in [1.165, 1.54) is 4.57 Å². The molecule has 0 bridgehead atoms. The molecule has 10 nitrogen and oxygen atoms in total. The van der Waals surface area contributed by atoms with Gasteiger partial charge in [-0.15, -0.1) is 10.2 Å². The first-order valence-electron chi connectivity index (χ1n) is 13.5. The van der Waals surface area contributed by atoms with Crippen molar-refractivity contribution >= 4 is 11.2 Å². The molecule has 39 heavy (non-hydrogen) atoms. The van der Waals surface area contributed by atoms with Gasteiger partial charge in [0, 0.05) is 31.1 Å². The summed E-state index contributed by atoms with van der Waals surface area (Å²) in [6, 6.07) is 16.2. The van der Waals surface area contributed by atoms with Crippen LogP contribution in [-0.2, 0) is 19.6 Å². The molecule has 5 rings (SSSR count). The van der Waals surface area contributed by atoms with E-state index < -0.39 is 0 Å². The van der Waals surface area contributed by atoms with Gasteiger partial charge in [0.15, 0.2) is 11.2 Å². The van der Waals surface area contributed by atoms with Crippen LogP contribution in [0.1, 0.15) is 58.3 Å². The van der Waals surface area contributed by atoms with Crippen molar-refractivity contribution in [2.45, 2.75) is 66.6 Å². The van der Waals surface area contributed by atoms with E-state index in [-0.39, 0.29) is 23.1 Å². The summed E-state index contributed by atoms with van der Waals surface area (Å²) >= 11 is 0. The van der Waals surface area contributed by atoms with Gasteiger partial charge in [0.05, 0.1) is 0 Å². The Balaban J connectivity index is 1.61. The van der Waals surface area contributed by atoms with Gasteiger partial charge >= 0.3 is 5.69 Å². The number of aryl methyl sites for hydroxylation is 1. The summed E-state index contributed by atoms with van der Waals surface area (Å²) in [7, 11) is 0. The molecule has 0 fully saturated rings. The van der Waals surface area contributed by atoms with E-state index in [0.29, 0.717) is 36.6 Å². The predicted octanol–water partition coefficient (Wildman–Crippen LogP) is 4.44. The molecular weight excluding hydrogens is 492 g/mol. The summed E-state index contributed by atoms with van der Waals surface area (Å²) in [5, 5.41) is 14.5. The number of aromatic amines is 1. The van der Waals surface area contributed by atoms with Crippen LogP contribution in [0.25, 0.3) is 33.7 Å². The van der Waals surface area contributed by atoms with Crippen LogP contribution in [0.4, 0.5) is 0 Å². The monoisotopic (exact) mass is 526 g/mol. The van der Waals surface area contributed by atoms with Gasteiger partial charge in [0.2, 0.25) is 5.82 Å². The topological polar surface area (TPSA) is 116 Å². The third kappa shape index (κ3) is 4.94. The van der Waals surface area contributed by atoms with E-state index in [4.69, 9.17) is 4.98 Å². The average Bonchev–Trinajstić information content (AvgIpc) is 3.58. The first kappa shape index (κ1) is 26.3. The van der Waals surface area contributed by atoms with Crippen molar-refractivity contribution < 1.29 is 0 Å². The highest BCUT2D eigenvalue weighted by Gasteiger charge is 2.23. The molecule has 0 saturated carbocycles. The highest BCUT2D eigenvalue weighted by molar-refractivity contribution is 5.80. The first-order valence-corrected chi connectivity index (χ1v) is 13.5. The van der Waals surface area contributed by atoms with Gasteiger partial charge in [0.1, 0.15) is 5.82 Å². The Morgan fingerprint density at radius 3 is 2.23 bits per heavy atom. The number of benzene rings is 2. The number of hydrogen-bond donors (Lipinski definition) is 1. The summed E-state index contributed by atoms with van der Waals surface area (Å²) in [5.74, 6) is 1.56. The van der Waals surface area contributed by atoms with Gasteiger partial charge in [0.25, 0.3) is 5.56 Å². The van der Waals surface area contributed by atoms with Gasteiger partial charge < -0.3 is 4.57 Å². The highest BCUT2D eigenvalue weighted by atomic mass is 16.2. The molecule has 0 atom stereocenters. The molecule has 3 aromatic heterocycles. The number of imidazole rings is 1. The van der Waals surface area contributed by atoms with Crippen molar-refractivity contribution in [1.29, 1.82) is 0 Å². The molecule has 5 aromatic rings. The van der Waals surface area contributed by atoms with Crippen LogP contribution in [0.3, 0.4) is 0 Å². The minimum Gasteiger partial charge on any atom is -0.317 e. The Kier molecular flexibility index (Phi) is 7.28. The van der Waals surface area contributed by atoms with Crippen LogP contribution in [0.5, 0.6) is 0 Å². The van der Waals surface area contributed by atoms with Crippen molar-refractivity contribution in [2.24, 2.45) is 5.92 Å². The van der Waals surface area contributed by atoms with Crippen LogP contribution in [0.2, 0.25) is 0 Å². The van der Waals surface area contributed by atoms with Gasteiger partial charge in [-0.3, -0.25) is 13.9 Å². The number of tetrazole rings is 1. The van der Waals surface area contributed by atoms with Crippen LogP contribution in [0.15, 0.2) is 58.1 Å². The van der Waals surface area contributed by atoms with Crippen molar-refractivity contribution in [3.63, 3.8) is 0 Å². The van der Waals surface area contributed by atoms with E-state index in [2.05, 4.69) is 58.7 Å². The van der Waals surface area contributed by atoms with Crippen molar-refractivity contribution in [3.05, 3.63) is 80.8 Å². The number of nitrogens with one attached hydrogen (secondary N) is 1. The SMILES string of the molecule is CCCn1c(=O)n(CC(C)C)c(=O)c2c1nc(C(C)C)n2Cc1ccc(-c2ccccc2-c2nn[nH]n2)cc1. The molecule has 0 aliphatic carbocycles. The van der Waals surface area contributed by atoms with E-state index in [1.54, 1.807) is 4.57 Å². The summed E-state index contributed by atoms with van der Waals surface area (Å²) in [4.78, 5) is 31.9. The molecule has 0 aliphatic rings. The molecule has 0 aliphatic heterocycles. The van der Waals surface area contributed by atoms with E-state index >= 15 is 0 Å². The van der Waals surface area contributed by atoms with Gasteiger partial charge in [-0.05, 0) is 34.2 Å². The zero-order chi connectivity index (χ0) is 27.7. The second-order valence-corrected chi connectivity index (χ2v) is 10.6. The zero-order valence-electron chi connectivity index (χ0n) is 23.0. The number of aromatic nitrogens is 8. The van der Waals surface area contributed by atoms with Crippen LogP contribution in [0, 0.1) is 5.92 Å². The minimum absolute atomic E-state index is 0.0710. The molecule has 0 saturated heterocycles. The second kappa shape index (κ2) is 10.8. The Morgan fingerprint density at radius 1 is 0.897 bits per heavy atom. The maximum absolute atomic E-state index is 13.7. The number of rotatable bonds is 9. The normalized spacial score (nSPS) is 11.8. The molecule has 0 radical (unpaired) electrons. The highest BCUT2D eigenvalue weighted by Crippen LogP contribution is 2.30. The Bertz CT molecular complexity index is 1710. The van der Waals surface area contributed by atoms with E-state index in [0.717, 1.165) is 34.5 Å². The molecule has 10 heteroatoms. The lowest BCUT2D eigenvalue weighted by atomic mass is 9.98. The molecule has 1 N–H and O–H groups in total. The number of H-pyrrole nitrogens is 1. The number of hydrogen-bond acceptors (Lipinski definition) is 6. The third-order valence-electron chi connectivity index (χ3n) is 6.77. The fourth-order valence-corrected chi connectivity index (χ4v) is 5.04. The molecule has 2 aromatic carbocycles. The quantitative estimate of drug-likeness (QED) is 0.303. The lowest BCUT2D eigenvalue weighted by molar-refractivity contribution is 0.473. The minimum atomic E-state index is -0.285. The molecule has 202 valence electrons. The fraction of sp³-hybridized carbons (Fsp3) is 0.379. The summed E-state index contributed by atoms with van der Waals surface area (Å²) in [6.07, 6.45) is 0.769. The smallest absolute Gasteiger partial charge is 0.317 e. The number of nitrogens with zero attached hydrogens (tertiary/aromatic N) is 7. The van der Waals surface area contributed by atoms with Crippen molar-refractivity contribution in [3.8, 4) is 22.5 Å². The Labute approximate surface area is 226 Å². The largest absolute Gasteiger partial charge is 0.332 e. The maximum atomic E-state index is 13.7. The molecule has 3 heterocycles. The third-order valence-corrected chi connectivity index (χ3v) is 6.77. The van der Waals surface area contributed by atoms with E-state index in [9.17, 15) is 9.59 Å². The first-order chi connectivity index (χ1) is 18.8. The van der Waals surface area contributed by atoms with Crippen LogP contribution in [-0.4, -0.2) is 39.3 Å². The van der Waals surface area contributed by atoms with Gasteiger partial charge in [-0.2, -0.15) is 5.21 Å². The van der Waals surface area contributed by atoms with Gasteiger partial charge in [-0.1, -0.05) is 83.1 Å². The second-order valence-electron chi connectivity index (χ2n) is 10.6. The Morgan fingerprint density at radius 2 is 1.62 bits per heavy atom. The van der Waals surface area contributed by atoms with Crippen molar-refractivity contribution in [1.82, 2.24) is 39.3 Å². The summed E-state index contributed by atoms with van der Waals surface area (Å²) in [6.45, 7) is 11.5. The van der Waals surface area contributed by atoms with Crippen LogP contribution >= 0.6 is 0 Å². The lowest BCUT2D eigenvalue weighted by Crippen LogP contribution is -2.41. The molecular formula is C29H34N8O2. The Hall–Kier alpha value is -4.34. The maximum Gasteiger partial charge on any atom is 0.332 e. The molecule has 0 spiro atoms. The average molecular weight is 527 g/mol. The summed E-state index contributed by atoms with van der Waals surface area (Å²) in [5.41, 5.74) is 4.34. The van der Waals surface area contributed by atoms with E-state index in [1.807, 2.05) is 49.6 Å². The van der Waals surface area contributed by atoms with Crippen molar-refractivity contribution in [2.75, 3.05) is 0 Å². The van der Waals surface area contributed by atoms with Crippen LogP contribution < -0.4 is 11.2 Å². The molecule has 0 amide bonds. The fourth-order valence-electron chi connectivity index (χ4n) is 5.04. The lowest BCUT2D eigenvalue weighted by Gasteiger charge is -2.15. The predicted molar refractivity (Wildman–Crippen MR) is 152 cm³/mol. The number of fused-ring (bicyclic) bond motifs is 1. The zero-order valence-corrected chi connectivity index (χ0v) is 23.0. The molecule has 0 unspecified atom stereocenters. The summed E-state index contributed by atoms with van der Waals surface area (Å²) < 4.78 is 5.04. The standard InChI is InChI=1S/C29H34N8O2/c1-6-15-35-27-24(28(38)37(29(35)39)16-18(2)3)36(26(30-27)19(4)5)17-20-11-13-21(14-12-20)22-9-7-8-10-23(22)25-31-33-34-32-25/h7-14,18-19H,6,15-17H2,1-5H3,(H,31,32,33,34).